The van der Waals surface area contributed by atoms with E-state index in [1.54, 1.807) is 21.0 Å². The van der Waals surface area contributed by atoms with Crippen molar-refractivity contribution in [2.24, 2.45) is 0 Å². The van der Waals surface area contributed by atoms with E-state index in [0.29, 0.717) is 28.8 Å². The molecule has 0 fully saturated rings. The highest BCUT2D eigenvalue weighted by molar-refractivity contribution is 6.32. The van der Waals surface area contributed by atoms with Gasteiger partial charge in [-0.1, -0.05) is 29.8 Å². The standard InChI is InChI=1S/C27H23ClN2O4/c1-27(2)26(31)24(25(34-27)18-9-11-20(32-3)12-10-18)17-7-13-21(14-8-17)33-16-19-15-30-22(28)5-4-6-23(30)29-19/h4-15H,16H2,1-3H3. The van der Waals surface area contributed by atoms with Crippen LogP contribution in [0.3, 0.4) is 0 Å². The second-order valence-corrected chi connectivity index (χ2v) is 8.88. The smallest absolute Gasteiger partial charge is 0.210 e. The van der Waals surface area contributed by atoms with E-state index >= 15 is 0 Å². The van der Waals surface area contributed by atoms with Crippen LogP contribution in [0.2, 0.25) is 5.15 Å². The van der Waals surface area contributed by atoms with Crippen LogP contribution in [0, 0.1) is 0 Å². The Morgan fingerprint density at radius 2 is 1.65 bits per heavy atom. The third-order valence-electron chi connectivity index (χ3n) is 5.73. The van der Waals surface area contributed by atoms with Gasteiger partial charge in [-0.05, 0) is 67.9 Å². The molecule has 0 spiro atoms. The van der Waals surface area contributed by atoms with Crippen molar-refractivity contribution in [3.63, 3.8) is 0 Å². The van der Waals surface area contributed by atoms with Gasteiger partial charge in [0.15, 0.2) is 5.60 Å². The lowest BCUT2D eigenvalue weighted by Gasteiger charge is -2.17. The van der Waals surface area contributed by atoms with E-state index in [-0.39, 0.29) is 5.78 Å². The maximum atomic E-state index is 13.2. The molecule has 0 N–H and O–H groups in total. The number of hydrogen-bond donors (Lipinski definition) is 0. The van der Waals surface area contributed by atoms with Crippen molar-refractivity contribution in [1.29, 1.82) is 0 Å². The van der Waals surface area contributed by atoms with Gasteiger partial charge >= 0.3 is 0 Å². The number of ether oxygens (including phenoxy) is 3. The normalized spacial score (nSPS) is 15.0. The summed E-state index contributed by atoms with van der Waals surface area (Å²) in [6, 6.07) is 20.5. The molecule has 34 heavy (non-hydrogen) atoms. The fourth-order valence-electron chi connectivity index (χ4n) is 3.94. The Morgan fingerprint density at radius 3 is 2.32 bits per heavy atom. The van der Waals surface area contributed by atoms with E-state index in [2.05, 4.69) is 4.98 Å². The van der Waals surface area contributed by atoms with Crippen LogP contribution in [0.15, 0.2) is 72.9 Å². The number of halogens is 1. The summed E-state index contributed by atoms with van der Waals surface area (Å²) in [5, 5.41) is 0.591. The molecule has 172 valence electrons. The summed E-state index contributed by atoms with van der Waals surface area (Å²) in [5.41, 5.74) is 2.74. The summed E-state index contributed by atoms with van der Waals surface area (Å²) < 4.78 is 19.1. The van der Waals surface area contributed by atoms with Crippen molar-refractivity contribution in [2.45, 2.75) is 26.1 Å². The molecule has 3 heterocycles. The number of imidazole rings is 1. The first-order chi connectivity index (χ1) is 16.4. The van der Waals surface area contributed by atoms with Gasteiger partial charge in [0.05, 0.1) is 18.4 Å². The molecule has 6 nitrogen and oxygen atoms in total. The summed E-state index contributed by atoms with van der Waals surface area (Å²) >= 11 is 6.20. The molecule has 1 aliphatic rings. The average molecular weight is 475 g/mol. The Balaban J connectivity index is 1.39. The Morgan fingerprint density at radius 1 is 0.971 bits per heavy atom. The highest BCUT2D eigenvalue weighted by Gasteiger charge is 2.42. The molecule has 2 aromatic carbocycles. The Hall–Kier alpha value is -3.77. The molecule has 7 heteroatoms. The van der Waals surface area contributed by atoms with Gasteiger partial charge < -0.3 is 14.2 Å². The molecule has 0 bridgehead atoms. The quantitative estimate of drug-likeness (QED) is 0.329. The number of carbonyl (C=O) groups excluding carboxylic acids is 1. The summed E-state index contributed by atoms with van der Waals surface area (Å²) in [6.07, 6.45) is 1.86. The van der Waals surface area contributed by atoms with Gasteiger partial charge in [0, 0.05) is 11.8 Å². The number of carbonyl (C=O) groups is 1. The average Bonchev–Trinajstić information content (AvgIpc) is 3.37. The number of benzene rings is 2. The first kappa shape index (κ1) is 22.0. The molecule has 5 rings (SSSR count). The number of fused-ring (bicyclic) bond motifs is 1. The maximum Gasteiger partial charge on any atom is 0.210 e. The van der Waals surface area contributed by atoms with Crippen LogP contribution >= 0.6 is 11.6 Å². The van der Waals surface area contributed by atoms with E-state index in [1.807, 2.05) is 77.3 Å². The maximum absolute atomic E-state index is 13.2. The molecule has 0 saturated carbocycles. The predicted molar refractivity (Wildman–Crippen MR) is 131 cm³/mol. The highest BCUT2D eigenvalue weighted by Crippen LogP contribution is 2.41. The summed E-state index contributed by atoms with van der Waals surface area (Å²) in [5.74, 6) is 1.91. The van der Waals surface area contributed by atoms with Gasteiger partial charge in [-0.3, -0.25) is 9.20 Å². The molecule has 4 aromatic rings. The van der Waals surface area contributed by atoms with Crippen molar-refractivity contribution in [3.05, 3.63) is 94.9 Å². The number of nitrogens with zero attached hydrogens (tertiary/aromatic N) is 2. The molecule has 0 amide bonds. The van der Waals surface area contributed by atoms with Crippen LogP contribution in [0.25, 0.3) is 17.0 Å². The lowest BCUT2D eigenvalue weighted by molar-refractivity contribution is -0.125. The van der Waals surface area contributed by atoms with Gasteiger partial charge in [-0.2, -0.15) is 0 Å². The number of aromatic nitrogens is 2. The molecule has 2 aromatic heterocycles. The van der Waals surface area contributed by atoms with Crippen molar-refractivity contribution < 1.29 is 19.0 Å². The fraction of sp³-hybridized carbons (Fsp3) is 0.185. The second kappa shape index (κ2) is 8.54. The van der Waals surface area contributed by atoms with Crippen LogP contribution in [-0.4, -0.2) is 27.9 Å². The van der Waals surface area contributed by atoms with Crippen molar-refractivity contribution in [3.8, 4) is 11.5 Å². The number of ketones is 1. The molecular formula is C27H23ClN2O4. The lowest BCUT2D eigenvalue weighted by Crippen LogP contribution is -2.29. The van der Waals surface area contributed by atoms with Gasteiger partial charge in [-0.25, -0.2) is 4.98 Å². The minimum absolute atomic E-state index is 0.0615. The zero-order chi connectivity index (χ0) is 23.9. The summed E-state index contributed by atoms with van der Waals surface area (Å²) in [7, 11) is 1.62. The predicted octanol–water partition coefficient (Wildman–Crippen LogP) is 5.82. The number of rotatable bonds is 6. The molecule has 0 saturated heterocycles. The van der Waals surface area contributed by atoms with E-state index in [0.717, 1.165) is 28.2 Å². The molecule has 0 aliphatic carbocycles. The van der Waals surface area contributed by atoms with Gasteiger partial charge in [0.1, 0.15) is 34.7 Å². The third-order valence-corrected chi connectivity index (χ3v) is 6.04. The first-order valence-electron chi connectivity index (χ1n) is 10.8. The topological polar surface area (TPSA) is 62.1 Å². The Kier molecular flexibility index (Phi) is 5.54. The first-order valence-corrected chi connectivity index (χ1v) is 11.2. The highest BCUT2D eigenvalue weighted by atomic mass is 35.5. The fourth-order valence-corrected chi connectivity index (χ4v) is 4.14. The number of Topliss-reactive ketones (excluding diaryl/α,β-unsaturated/α-hetero) is 1. The van der Waals surface area contributed by atoms with Crippen LogP contribution in [0.4, 0.5) is 0 Å². The molecule has 1 aliphatic heterocycles. The van der Waals surface area contributed by atoms with E-state index in [9.17, 15) is 4.79 Å². The Bertz CT molecular complexity index is 1400. The second-order valence-electron chi connectivity index (χ2n) is 8.50. The number of hydrogen-bond acceptors (Lipinski definition) is 5. The monoisotopic (exact) mass is 474 g/mol. The zero-order valence-corrected chi connectivity index (χ0v) is 19.8. The van der Waals surface area contributed by atoms with Crippen molar-refractivity contribution in [1.82, 2.24) is 9.38 Å². The van der Waals surface area contributed by atoms with E-state index in [1.165, 1.54) is 0 Å². The van der Waals surface area contributed by atoms with Crippen LogP contribution in [0.5, 0.6) is 11.5 Å². The molecule has 0 unspecified atom stereocenters. The number of methoxy groups -OCH3 is 1. The van der Waals surface area contributed by atoms with E-state index < -0.39 is 5.60 Å². The SMILES string of the molecule is COc1ccc(C2=C(c3ccc(OCc4cn5c(Cl)cccc5n4)cc3)C(=O)C(C)(C)O2)cc1. The van der Waals surface area contributed by atoms with Crippen LogP contribution in [-0.2, 0) is 16.1 Å². The Labute approximate surface area is 202 Å². The van der Waals surface area contributed by atoms with Crippen LogP contribution < -0.4 is 9.47 Å². The largest absolute Gasteiger partial charge is 0.497 e. The molecular weight excluding hydrogens is 452 g/mol. The van der Waals surface area contributed by atoms with Crippen molar-refractivity contribution in [2.75, 3.05) is 7.11 Å². The van der Waals surface area contributed by atoms with E-state index in [4.69, 9.17) is 25.8 Å². The van der Waals surface area contributed by atoms with Crippen LogP contribution in [0.1, 0.15) is 30.7 Å². The molecule has 0 radical (unpaired) electrons. The summed E-state index contributed by atoms with van der Waals surface area (Å²) in [6.45, 7) is 3.86. The zero-order valence-electron chi connectivity index (χ0n) is 19.0. The van der Waals surface area contributed by atoms with Gasteiger partial charge in [0.25, 0.3) is 0 Å². The summed E-state index contributed by atoms with van der Waals surface area (Å²) in [4.78, 5) is 17.7. The molecule has 0 atom stereocenters. The van der Waals surface area contributed by atoms with Gasteiger partial charge in [-0.15, -0.1) is 0 Å². The third kappa shape index (κ3) is 4.01. The lowest BCUT2D eigenvalue weighted by atomic mass is 9.92. The van der Waals surface area contributed by atoms with Gasteiger partial charge in [0.2, 0.25) is 5.78 Å². The number of pyridine rings is 1. The van der Waals surface area contributed by atoms with Crippen molar-refractivity contribution >= 4 is 34.4 Å². The minimum atomic E-state index is -0.940. The minimum Gasteiger partial charge on any atom is -0.497 e.